The second-order valence-electron chi connectivity index (χ2n) is 17.6. The second-order valence-corrected chi connectivity index (χ2v) is 17.6. The number of hydrogen-bond donors (Lipinski definition) is 0. The summed E-state index contributed by atoms with van der Waals surface area (Å²) in [4.78, 5) is 4.92. The van der Waals surface area contributed by atoms with Crippen molar-refractivity contribution >= 4 is 77.2 Å². The molecule has 0 heterocycles. The molecule has 12 aromatic rings. The molecule has 12 aromatic carbocycles. The predicted molar refractivity (Wildman–Crippen MR) is 280 cm³/mol. The first-order chi connectivity index (χ1) is 32.8. The molecule has 0 atom stereocenters. The number of anilines is 6. The van der Waals surface area contributed by atoms with Crippen molar-refractivity contribution in [3.05, 3.63) is 243 Å². The largest absolute Gasteiger partial charge is 0.309 e. The highest BCUT2D eigenvalue weighted by atomic mass is 15.2. The van der Waals surface area contributed by atoms with E-state index in [2.05, 4.69) is 252 Å². The lowest BCUT2D eigenvalue weighted by Gasteiger charge is -2.29. The fourth-order valence-corrected chi connectivity index (χ4v) is 11.2. The molecule has 0 bridgehead atoms. The topological polar surface area (TPSA) is 6.48 Å². The lowest BCUT2D eigenvalue weighted by molar-refractivity contribution is 1.31. The zero-order valence-corrected chi connectivity index (χ0v) is 36.0. The molecule has 0 saturated carbocycles. The highest BCUT2D eigenvalue weighted by molar-refractivity contribution is 6.21. The SMILES string of the molecule is c1ccc2c(c1)-c1cccc3c(N(c4ccc(-c5ccc(N(c6cccc7ccccc67)c6ccc7c8c(cccc68)-c6ccccc6-7)cc5)cc4)c4cccc5ccccc45)ccc-2c13. The van der Waals surface area contributed by atoms with Gasteiger partial charge in [-0.05, 0) is 126 Å². The van der Waals surface area contributed by atoms with Gasteiger partial charge in [0.05, 0.1) is 22.7 Å². The van der Waals surface area contributed by atoms with Gasteiger partial charge in [0, 0.05) is 32.9 Å². The van der Waals surface area contributed by atoms with Crippen molar-refractivity contribution < 1.29 is 0 Å². The van der Waals surface area contributed by atoms with Crippen LogP contribution in [0, 0.1) is 0 Å². The molecule has 2 aliphatic carbocycles. The third-order valence-corrected chi connectivity index (χ3v) is 14.1. The Hall–Kier alpha value is -8.72. The second kappa shape index (κ2) is 14.4. The van der Waals surface area contributed by atoms with E-state index in [-0.39, 0.29) is 0 Å². The van der Waals surface area contributed by atoms with Crippen LogP contribution in [0.4, 0.5) is 34.1 Å². The van der Waals surface area contributed by atoms with E-state index in [4.69, 9.17) is 0 Å². The molecule has 0 spiro atoms. The molecule has 66 heavy (non-hydrogen) atoms. The maximum absolute atomic E-state index is 2.46. The van der Waals surface area contributed by atoms with Crippen LogP contribution in [0.2, 0.25) is 0 Å². The van der Waals surface area contributed by atoms with Crippen LogP contribution >= 0.6 is 0 Å². The van der Waals surface area contributed by atoms with Crippen LogP contribution in [0.5, 0.6) is 0 Å². The Morgan fingerprint density at radius 1 is 0.197 bits per heavy atom. The molecule has 306 valence electrons. The summed E-state index contributed by atoms with van der Waals surface area (Å²) in [6.45, 7) is 0. The van der Waals surface area contributed by atoms with Crippen molar-refractivity contribution in [1.29, 1.82) is 0 Å². The Kier molecular flexibility index (Phi) is 8.02. The Bertz CT molecular complexity index is 3610. The lowest BCUT2D eigenvalue weighted by Crippen LogP contribution is -2.11. The van der Waals surface area contributed by atoms with E-state index < -0.39 is 0 Å². The molecule has 2 nitrogen and oxygen atoms in total. The minimum atomic E-state index is 1.11. The fourth-order valence-electron chi connectivity index (χ4n) is 11.2. The minimum Gasteiger partial charge on any atom is -0.309 e. The summed E-state index contributed by atoms with van der Waals surface area (Å²) >= 11 is 0. The first-order valence-electron chi connectivity index (χ1n) is 22.8. The number of fused-ring (bicyclic) bond motifs is 8. The zero-order valence-electron chi connectivity index (χ0n) is 36.0. The van der Waals surface area contributed by atoms with Crippen molar-refractivity contribution in [3.8, 4) is 55.6 Å². The standard InChI is InChI=1S/C64H40N2/c1-3-17-47-43(13-1)15-9-27-59(47)65(61-39-37-55-51-21-7-5-19-49(51)53-23-11-25-57(61)63(53)55)45-33-29-41(30-34-45)42-31-35-46(36-32-42)66(60-28-10-16-44-14-2-4-18-48(44)60)62-40-38-56-52-22-8-6-20-50(52)54-24-12-26-58(62)64(54)56/h1-40H. The maximum atomic E-state index is 2.46. The average molecular weight is 837 g/mol. The molecule has 2 heteroatoms. The summed E-state index contributed by atoms with van der Waals surface area (Å²) in [5.41, 5.74) is 19.6. The first-order valence-corrected chi connectivity index (χ1v) is 22.8. The van der Waals surface area contributed by atoms with Crippen LogP contribution in [0.25, 0.3) is 98.7 Å². The van der Waals surface area contributed by atoms with Gasteiger partial charge in [-0.15, -0.1) is 0 Å². The van der Waals surface area contributed by atoms with E-state index in [0.29, 0.717) is 0 Å². The van der Waals surface area contributed by atoms with Gasteiger partial charge in [0.15, 0.2) is 0 Å². The maximum Gasteiger partial charge on any atom is 0.0540 e. The summed E-state index contributed by atoms with van der Waals surface area (Å²) in [5.74, 6) is 0. The van der Waals surface area contributed by atoms with Gasteiger partial charge >= 0.3 is 0 Å². The molecule has 2 aliphatic rings. The molecule has 0 aromatic heterocycles. The van der Waals surface area contributed by atoms with E-state index in [1.54, 1.807) is 0 Å². The van der Waals surface area contributed by atoms with Gasteiger partial charge in [0.25, 0.3) is 0 Å². The molecule has 0 aliphatic heterocycles. The van der Waals surface area contributed by atoms with Gasteiger partial charge in [-0.25, -0.2) is 0 Å². The molecule has 0 saturated heterocycles. The Morgan fingerprint density at radius 2 is 0.500 bits per heavy atom. The normalized spacial score (nSPS) is 11.9. The van der Waals surface area contributed by atoms with Gasteiger partial charge < -0.3 is 9.80 Å². The first kappa shape index (κ1) is 36.7. The Labute approximate surface area is 383 Å². The van der Waals surface area contributed by atoms with E-state index in [1.165, 1.54) is 98.7 Å². The molecule has 0 unspecified atom stereocenters. The number of rotatable bonds is 7. The summed E-state index contributed by atoms with van der Waals surface area (Å²) in [6, 6.07) is 89.5. The van der Waals surface area contributed by atoms with E-state index >= 15 is 0 Å². The van der Waals surface area contributed by atoms with Crippen molar-refractivity contribution in [3.63, 3.8) is 0 Å². The van der Waals surface area contributed by atoms with Crippen molar-refractivity contribution in [1.82, 2.24) is 0 Å². The quantitative estimate of drug-likeness (QED) is 0.158. The van der Waals surface area contributed by atoms with E-state index in [9.17, 15) is 0 Å². The molecule has 0 amide bonds. The molecule has 0 N–H and O–H groups in total. The van der Waals surface area contributed by atoms with Gasteiger partial charge in [0.2, 0.25) is 0 Å². The van der Waals surface area contributed by atoms with Crippen molar-refractivity contribution in [2.75, 3.05) is 9.80 Å². The van der Waals surface area contributed by atoms with Crippen LogP contribution in [0.15, 0.2) is 243 Å². The van der Waals surface area contributed by atoms with Gasteiger partial charge in [-0.1, -0.05) is 194 Å². The zero-order chi connectivity index (χ0) is 43.3. The highest BCUT2D eigenvalue weighted by Gasteiger charge is 2.27. The van der Waals surface area contributed by atoms with E-state index in [0.717, 1.165) is 34.1 Å². The van der Waals surface area contributed by atoms with Crippen LogP contribution < -0.4 is 9.80 Å². The van der Waals surface area contributed by atoms with Crippen LogP contribution in [0.1, 0.15) is 0 Å². The third kappa shape index (κ3) is 5.42. The van der Waals surface area contributed by atoms with Crippen molar-refractivity contribution in [2.45, 2.75) is 0 Å². The fraction of sp³-hybridized carbons (Fsp3) is 0. The molecular formula is C64H40N2. The monoisotopic (exact) mass is 836 g/mol. The third-order valence-electron chi connectivity index (χ3n) is 14.1. The summed E-state index contributed by atoms with van der Waals surface area (Å²) in [5, 5.41) is 9.99. The molecule has 0 radical (unpaired) electrons. The van der Waals surface area contributed by atoms with Crippen LogP contribution in [-0.4, -0.2) is 0 Å². The molecular weight excluding hydrogens is 797 g/mol. The number of nitrogens with zero attached hydrogens (tertiary/aromatic N) is 2. The van der Waals surface area contributed by atoms with Crippen LogP contribution in [-0.2, 0) is 0 Å². The molecule has 0 fully saturated rings. The van der Waals surface area contributed by atoms with Gasteiger partial charge in [0.1, 0.15) is 0 Å². The number of benzene rings is 12. The minimum absolute atomic E-state index is 1.11. The van der Waals surface area contributed by atoms with Crippen molar-refractivity contribution in [2.24, 2.45) is 0 Å². The van der Waals surface area contributed by atoms with Crippen LogP contribution in [0.3, 0.4) is 0 Å². The average Bonchev–Trinajstić information content (AvgIpc) is 3.90. The Balaban J connectivity index is 0.886. The van der Waals surface area contributed by atoms with Gasteiger partial charge in [-0.2, -0.15) is 0 Å². The van der Waals surface area contributed by atoms with E-state index in [1.807, 2.05) is 0 Å². The predicted octanol–water partition coefficient (Wildman–Crippen LogP) is 18.2. The smallest absolute Gasteiger partial charge is 0.0540 e. The Morgan fingerprint density at radius 3 is 0.924 bits per heavy atom. The summed E-state index contributed by atoms with van der Waals surface area (Å²) < 4.78 is 0. The summed E-state index contributed by atoms with van der Waals surface area (Å²) in [6.07, 6.45) is 0. The highest BCUT2D eigenvalue weighted by Crippen LogP contribution is 2.53. The molecule has 14 rings (SSSR count). The summed E-state index contributed by atoms with van der Waals surface area (Å²) in [7, 11) is 0. The lowest BCUT2D eigenvalue weighted by atomic mass is 9.98. The van der Waals surface area contributed by atoms with Gasteiger partial charge in [-0.3, -0.25) is 0 Å². The number of hydrogen-bond acceptors (Lipinski definition) is 2.